The first-order valence-corrected chi connectivity index (χ1v) is 7.96. The highest BCUT2D eigenvalue weighted by molar-refractivity contribution is 6.99. The van der Waals surface area contributed by atoms with Gasteiger partial charge < -0.3 is 9.64 Å². The smallest absolute Gasteiger partial charge is 0.253 e. The third-order valence-corrected chi connectivity index (χ3v) is 4.06. The standard InChI is InChI=1S/C14H21F2N3OS/c1-3-14(15,16)7-5-9-20-13-12(17-21-18-13)11-6-4-8-19(2)10-11/h6H,3-5,7-10H2,1-2H3. The molecular weight excluding hydrogens is 296 g/mol. The number of rotatable bonds is 7. The number of ether oxygens (including phenoxy) is 1. The second-order valence-electron chi connectivity index (χ2n) is 5.34. The van der Waals surface area contributed by atoms with Crippen molar-refractivity contribution in [3.63, 3.8) is 0 Å². The van der Waals surface area contributed by atoms with Crippen LogP contribution >= 0.6 is 11.7 Å². The molecule has 0 aromatic carbocycles. The summed E-state index contributed by atoms with van der Waals surface area (Å²) in [6.45, 7) is 3.59. The molecule has 0 N–H and O–H groups in total. The zero-order valence-corrected chi connectivity index (χ0v) is 13.3. The third kappa shape index (κ3) is 4.71. The Morgan fingerprint density at radius 2 is 2.24 bits per heavy atom. The maximum Gasteiger partial charge on any atom is 0.253 e. The minimum Gasteiger partial charge on any atom is -0.475 e. The van der Waals surface area contributed by atoms with Crippen LogP contribution < -0.4 is 4.74 Å². The molecule has 21 heavy (non-hydrogen) atoms. The van der Waals surface area contributed by atoms with Gasteiger partial charge >= 0.3 is 0 Å². The summed E-state index contributed by atoms with van der Waals surface area (Å²) in [5.74, 6) is -2.12. The highest BCUT2D eigenvalue weighted by atomic mass is 32.1. The molecule has 0 fully saturated rings. The SMILES string of the molecule is CCC(F)(F)CCCOc1nsnc1C1=CCCN(C)C1. The van der Waals surface area contributed by atoms with Gasteiger partial charge in [0.2, 0.25) is 5.92 Å². The molecule has 7 heteroatoms. The van der Waals surface area contributed by atoms with E-state index < -0.39 is 5.92 Å². The molecule has 4 nitrogen and oxygen atoms in total. The Labute approximate surface area is 128 Å². The summed E-state index contributed by atoms with van der Waals surface area (Å²) in [7, 11) is 2.06. The van der Waals surface area contributed by atoms with Gasteiger partial charge in [0.05, 0.1) is 18.3 Å². The van der Waals surface area contributed by atoms with Crippen LogP contribution in [0.15, 0.2) is 6.08 Å². The van der Waals surface area contributed by atoms with E-state index in [4.69, 9.17) is 4.74 Å². The number of halogens is 2. The molecule has 1 aliphatic heterocycles. The van der Waals surface area contributed by atoms with E-state index in [2.05, 4.69) is 26.8 Å². The first-order valence-electron chi connectivity index (χ1n) is 7.23. The lowest BCUT2D eigenvalue weighted by molar-refractivity contribution is -0.0159. The van der Waals surface area contributed by atoms with Crippen molar-refractivity contribution in [3.8, 4) is 5.88 Å². The summed E-state index contributed by atoms with van der Waals surface area (Å²) in [6, 6.07) is 0. The molecule has 0 radical (unpaired) electrons. The van der Waals surface area contributed by atoms with Crippen molar-refractivity contribution in [3.05, 3.63) is 11.8 Å². The number of likely N-dealkylation sites (N-methyl/N-ethyl adjacent to an activating group) is 1. The Balaban J connectivity index is 1.88. The van der Waals surface area contributed by atoms with E-state index in [0.717, 1.165) is 42.5 Å². The van der Waals surface area contributed by atoms with E-state index in [1.807, 2.05) is 0 Å². The number of hydrogen-bond acceptors (Lipinski definition) is 5. The summed E-state index contributed by atoms with van der Waals surface area (Å²) < 4.78 is 40.2. The highest BCUT2D eigenvalue weighted by Gasteiger charge is 2.25. The average Bonchev–Trinajstić information content (AvgIpc) is 2.92. The van der Waals surface area contributed by atoms with Crippen LogP contribution in [0, 0.1) is 0 Å². The molecule has 1 aromatic heterocycles. The predicted octanol–water partition coefficient (Wildman–Crippen LogP) is 3.46. The van der Waals surface area contributed by atoms with E-state index in [1.54, 1.807) is 0 Å². The fourth-order valence-electron chi connectivity index (χ4n) is 2.21. The number of aromatic nitrogens is 2. The van der Waals surface area contributed by atoms with Gasteiger partial charge in [-0.2, -0.15) is 4.37 Å². The van der Waals surface area contributed by atoms with Crippen molar-refractivity contribution in [2.75, 3.05) is 26.7 Å². The third-order valence-electron chi connectivity index (χ3n) is 3.55. The molecule has 1 aliphatic rings. The van der Waals surface area contributed by atoms with Crippen LogP contribution in [0.3, 0.4) is 0 Å². The van der Waals surface area contributed by atoms with Crippen LogP contribution in [0.2, 0.25) is 0 Å². The molecule has 0 unspecified atom stereocenters. The molecule has 1 aromatic rings. The Bertz CT molecular complexity index is 490. The van der Waals surface area contributed by atoms with Crippen LogP contribution in [0.5, 0.6) is 5.88 Å². The lowest BCUT2D eigenvalue weighted by atomic mass is 10.1. The van der Waals surface area contributed by atoms with Gasteiger partial charge in [-0.05, 0) is 25.5 Å². The van der Waals surface area contributed by atoms with Crippen molar-refractivity contribution in [2.24, 2.45) is 0 Å². The second kappa shape index (κ2) is 7.26. The monoisotopic (exact) mass is 317 g/mol. The van der Waals surface area contributed by atoms with Gasteiger partial charge in [0.25, 0.3) is 5.88 Å². The molecule has 0 bridgehead atoms. The first-order chi connectivity index (χ1) is 10.0. The maximum absolute atomic E-state index is 13.1. The van der Waals surface area contributed by atoms with Crippen molar-refractivity contribution in [1.29, 1.82) is 0 Å². The van der Waals surface area contributed by atoms with Crippen molar-refractivity contribution in [1.82, 2.24) is 13.6 Å². The highest BCUT2D eigenvalue weighted by Crippen LogP contribution is 2.28. The largest absolute Gasteiger partial charge is 0.475 e. The van der Waals surface area contributed by atoms with E-state index in [-0.39, 0.29) is 19.4 Å². The summed E-state index contributed by atoms with van der Waals surface area (Å²) in [5, 5.41) is 0. The summed E-state index contributed by atoms with van der Waals surface area (Å²) in [6.07, 6.45) is 3.16. The summed E-state index contributed by atoms with van der Waals surface area (Å²) in [4.78, 5) is 2.21. The molecule has 0 aliphatic carbocycles. The van der Waals surface area contributed by atoms with Crippen LogP contribution in [-0.4, -0.2) is 46.3 Å². The summed E-state index contributed by atoms with van der Waals surface area (Å²) in [5.41, 5.74) is 1.86. The van der Waals surface area contributed by atoms with E-state index >= 15 is 0 Å². The molecule has 0 spiro atoms. The number of hydrogen-bond donors (Lipinski definition) is 0. The zero-order chi connectivity index (χ0) is 15.3. The molecule has 2 heterocycles. The fourth-order valence-corrected chi connectivity index (χ4v) is 2.74. The summed E-state index contributed by atoms with van der Waals surface area (Å²) >= 11 is 1.10. The van der Waals surface area contributed by atoms with Gasteiger partial charge in [0.1, 0.15) is 5.69 Å². The molecule has 0 saturated carbocycles. The van der Waals surface area contributed by atoms with Gasteiger partial charge in [-0.3, -0.25) is 0 Å². The number of alkyl halides is 2. The topological polar surface area (TPSA) is 38.3 Å². The molecule has 0 atom stereocenters. The van der Waals surface area contributed by atoms with Crippen molar-refractivity contribution < 1.29 is 13.5 Å². The lowest BCUT2D eigenvalue weighted by Crippen LogP contribution is -2.25. The second-order valence-corrected chi connectivity index (χ2v) is 5.86. The Morgan fingerprint density at radius 3 is 2.95 bits per heavy atom. The fraction of sp³-hybridized carbons (Fsp3) is 0.714. The van der Waals surface area contributed by atoms with E-state index in [0.29, 0.717) is 12.3 Å². The van der Waals surface area contributed by atoms with Gasteiger partial charge in [-0.25, -0.2) is 8.78 Å². The Kier molecular flexibility index (Phi) is 5.64. The van der Waals surface area contributed by atoms with Crippen LogP contribution in [-0.2, 0) is 0 Å². The molecule has 0 amide bonds. The zero-order valence-electron chi connectivity index (χ0n) is 12.4. The molecule has 0 saturated heterocycles. The van der Waals surface area contributed by atoms with Crippen LogP contribution in [0.4, 0.5) is 8.78 Å². The number of nitrogens with zero attached hydrogens (tertiary/aromatic N) is 3. The van der Waals surface area contributed by atoms with Crippen LogP contribution in [0.25, 0.3) is 5.57 Å². The van der Waals surface area contributed by atoms with Crippen LogP contribution in [0.1, 0.15) is 38.3 Å². The Hall–Kier alpha value is -1.08. The quantitative estimate of drug-likeness (QED) is 0.722. The minimum absolute atomic E-state index is 0.129. The minimum atomic E-state index is -2.60. The molecule has 2 rings (SSSR count). The molecular formula is C14H21F2N3OS. The lowest BCUT2D eigenvalue weighted by Gasteiger charge is -2.22. The van der Waals surface area contributed by atoms with E-state index in [1.165, 1.54) is 6.92 Å². The van der Waals surface area contributed by atoms with Gasteiger partial charge in [-0.1, -0.05) is 13.0 Å². The predicted molar refractivity (Wildman–Crippen MR) is 80.0 cm³/mol. The normalized spacial score (nSPS) is 16.9. The maximum atomic E-state index is 13.1. The van der Waals surface area contributed by atoms with Gasteiger partial charge in [0.15, 0.2) is 0 Å². The average molecular weight is 317 g/mol. The first kappa shape index (κ1) is 16.3. The van der Waals surface area contributed by atoms with Gasteiger partial charge in [-0.15, -0.1) is 4.37 Å². The molecule has 118 valence electrons. The van der Waals surface area contributed by atoms with E-state index in [9.17, 15) is 8.78 Å². The van der Waals surface area contributed by atoms with Crippen molar-refractivity contribution in [2.45, 2.75) is 38.5 Å². The van der Waals surface area contributed by atoms with Gasteiger partial charge in [0, 0.05) is 25.9 Å². The Morgan fingerprint density at radius 1 is 1.43 bits per heavy atom. The van der Waals surface area contributed by atoms with Crippen molar-refractivity contribution >= 4 is 17.3 Å².